The van der Waals surface area contributed by atoms with Crippen LogP contribution in [-0.2, 0) is 10.0 Å². The molecular formula is C10H13BrCl2N2O2S. The van der Waals surface area contributed by atoms with Crippen LogP contribution in [0.2, 0.25) is 10.0 Å². The van der Waals surface area contributed by atoms with Gasteiger partial charge in [0.2, 0.25) is 10.0 Å². The molecule has 0 aliphatic carbocycles. The molecule has 18 heavy (non-hydrogen) atoms. The van der Waals surface area contributed by atoms with E-state index in [2.05, 4.69) is 26.0 Å². The van der Waals surface area contributed by atoms with Crippen LogP contribution in [0.3, 0.4) is 0 Å². The van der Waals surface area contributed by atoms with E-state index in [1.54, 1.807) is 12.1 Å². The highest BCUT2D eigenvalue weighted by molar-refractivity contribution is 9.10. The minimum atomic E-state index is -3.46. The molecule has 0 spiro atoms. The molecule has 0 unspecified atom stereocenters. The lowest BCUT2D eigenvalue weighted by Gasteiger charge is -2.11. The number of sulfonamides is 1. The third-order valence-corrected chi connectivity index (χ3v) is 4.37. The Balaban J connectivity index is 2.84. The van der Waals surface area contributed by atoms with Crippen LogP contribution in [0.5, 0.6) is 0 Å². The molecule has 0 saturated carbocycles. The molecule has 102 valence electrons. The smallest absolute Gasteiger partial charge is 0.234 e. The number of anilines is 1. The van der Waals surface area contributed by atoms with E-state index >= 15 is 0 Å². The first-order valence-corrected chi connectivity index (χ1v) is 8.41. The molecule has 0 saturated heterocycles. The Bertz CT molecular complexity index is 500. The Morgan fingerprint density at radius 1 is 1.28 bits per heavy atom. The van der Waals surface area contributed by atoms with Crippen molar-refractivity contribution in [3.8, 4) is 0 Å². The molecule has 4 nitrogen and oxygen atoms in total. The van der Waals surface area contributed by atoms with E-state index < -0.39 is 10.0 Å². The summed E-state index contributed by atoms with van der Waals surface area (Å²) in [5, 5.41) is 3.44. The van der Waals surface area contributed by atoms with Crippen molar-refractivity contribution in [2.24, 2.45) is 0 Å². The first-order chi connectivity index (χ1) is 8.35. The lowest BCUT2D eigenvalue weighted by atomic mass is 10.3. The quantitative estimate of drug-likeness (QED) is 0.751. The SMILES string of the molecule is CCNCCS(=O)(=O)Nc1c(Cl)cc(Br)cc1Cl. The fraction of sp³-hybridized carbons (Fsp3) is 0.400. The molecule has 0 radical (unpaired) electrons. The van der Waals surface area contributed by atoms with Gasteiger partial charge in [-0.3, -0.25) is 4.72 Å². The van der Waals surface area contributed by atoms with Crippen LogP contribution in [0.15, 0.2) is 16.6 Å². The van der Waals surface area contributed by atoms with Gasteiger partial charge in [0.1, 0.15) is 0 Å². The monoisotopic (exact) mass is 374 g/mol. The van der Waals surface area contributed by atoms with Crippen molar-refractivity contribution in [3.05, 3.63) is 26.7 Å². The van der Waals surface area contributed by atoms with Crippen LogP contribution < -0.4 is 10.0 Å². The minimum absolute atomic E-state index is 0.0381. The summed E-state index contributed by atoms with van der Waals surface area (Å²) in [4.78, 5) is 0. The molecule has 0 atom stereocenters. The van der Waals surface area contributed by atoms with E-state index in [0.717, 1.165) is 6.54 Å². The maximum atomic E-state index is 11.8. The zero-order valence-electron chi connectivity index (χ0n) is 9.63. The molecule has 2 N–H and O–H groups in total. The molecule has 0 aliphatic rings. The maximum absolute atomic E-state index is 11.8. The fourth-order valence-corrected chi connectivity index (χ4v) is 3.69. The Morgan fingerprint density at radius 3 is 2.33 bits per heavy atom. The van der Waals surface area contributed by atoms with E-state index in [0.29, 0.717) is 11.0 Å². The van der Waals surface area contributed by atoms with Crippen LogP contribution >= 0.6 is 39.1 Å². The molecule has 1 aromatic carbocycles. The standard InChI is InChI=1S/C10H13BrCl2N2O2S/c1-2-14-3-4-18(16,17)15-10-8(12)5-7(11)6-9(10)13/h5-6,14-15H,2-4H2,1H3. The summed E-state index contributed by atoms with van der Waals surface area (Å²) < 4.78 is 26.6. The number of nitrogens with one attached hydrogen (secondary N) is 2. The molecule has 0 bridgehead atoms. The highest BCUT2D eigenvalue weighted by Crippen LogP contribution is 2.34. The molecule has 0 amide bonds. The lowest BCUT2D eigenvalue weighted by molar-refractivity contribution is 0.597. The second-order valence-corrected chi connectivity index (χ2v) is 7.09. The van der Waals surface area contributed by atoms with Crippen molar-refractivity contribution >= 4 is 54.8 Å². The largest absolute Gasteiger partial charge is 0.316 e. The zero-order chi connectivity index (χ0) is 13.8. The summed E-state index contributed by atoms with van der Waals surface area (Å²) in [6.45, 7) is 3.00. The van der Waals surface area contributed by atoms with Gasteiger partial charge in [-0.2, -0.15) is 0 Å². The molecular weight excluding hydrogens is 363 g/mol. The van der Waals surface area contributed by atoms with Gasteiger partial charge in [-0.05, 0) is 18.7 Å². The first-order valence-electron chi connectivity index (χ1n) is 5.21. The van der Waals surface area contributed by atoms with Crippen LogP contribution in [0.1, 0.15) is 6.92 Å². The predicted octanol–water partition coefficient (Wildman–Crippen LogP) is 3.11. The maximum Gasteiger partial charge on any atom is 0.234 e. The van der Waals surface area contributed by atoms with E-state index in [4.69, 9.17) is 23.2 Å². The summed E-state index contributed by atoms with van der Waals surface area (Å²) in [5.41, 5.74) is 0.207. The Hall–Kier alpha value is -0.0100. The van der Waals surface area contributed by atoms with Crippen molar-refractivity contribution in [2.45, 2.75) is 6.92 Å². The van der Waals surface area contributed by atoms with E-state index in [-0.39, 0.29) is 21.5 Å². The van der Waals surface area contributed by atoms with E-state index in [9.17, 15) is 8.42 Å². The van der Waals surface area contributed by atoms with Gasteiger partial charge in [0.15, 0.2) is 0 Å². The Labute approximate surface area is 125 Å². The van der Waals surface area contributed by atoms with Crippen LogP contribution in [-0.4, -0.2) is 27.3 Å². The molecule has 0 fully saturated rings. The number of rotatable bonds is 6. The highest BCUT2D eigenvalue weighted by Gasteiger charge is 2.15. The molecule has 8 heteroatoms. The number of benzene rings is 1. The van der Waals surface area contributed by atoms with Gasteiger partial charge >= 0.3 is 0 Å². The highest BCUT2D eigenvalue weighted by atomic mass is 79.9. The van der Waals surface area contributed by atoms with Gasteiger partial charge in [0, 0.05) is 11.0 Å². The molecule has 0 aliphatic heterocycles. The van der Waals surface area contributed by atoms with Crippen LogP contribution in [0.25, 0.3) is 0 Å². The van der Waals surface area contributed by atoms with Gasteiger partial charge < -0.3 is 5.32 Å². The number of hydrogen-bond donors (Lipinski definition) is 2. The summed E-state index contributed by atoms with van der Waals surface area (Å²) in [6.07, 6.45) is 0. The van der Waals surface area contributed by atoms with Gasteiger partial charge in [-0.15, -0.1) is 0 Å². The normalized spacial score (nSPS) is 11.6. The van der Waals surface area contributed by atoms with E-state index in [1.807, 2.05) is 6.92 Å². The third kappa shape index (κ3) is 4.93. The van der Waals surface area contributed by atoms with Crippen molar-refractivity contribution in [1.29, 1.82) is 0 Å². The lowest BCUT2D eigenvalue weighted by Crippen LogP contribution is -2.26. The Morgan fingerprint density at radius 2 is 1.83 bits per heavy atom. The van der Waals surface area contributed by atoms with Crippen molar-refractivity contribution in [3.63, 3.8) is 0 Å². The molecule has 0 aromatic heterocycles. The van der Waals surface area contributed by atoms with Crippen molar-refractivity contribution < 1.29 is 8.42 Å². The molecule has 1 aromatic rings. The molecule has 1 rings (SSSR count). The summed E-state index contributed by atoms with van der Waals surface area (Å²) in [6, 6.07) is 3.16. The van der Waals surface area contributed by atoms with Crippen LogP contribution in [0.4, 0.5) is 5.69 Å². The summed E-state index contributed by atoms with van der Waals surface area (Å²) >= 11 is 15.1. The second kappa shape index (κ2) is 6.96. The number of halogens is 3. The topological polar surface area (TPSA) is 58.2 Å². The van der Waals surface area contributed by atoms with Crippen LogP contribution in [0, 0.1) is 0 Å². The first kappa shape index (κ1) is 16.0. The average molecular weight is 376 g/mol. The summed E-state index contributed by atoms with van der Waals surface area (Å²) in [5.74, 6) is -0.0381. The summed E-state index contributed by atoms with van der Waals surface area (Å²) in [7, 11) is -3.46. The van der Waals surface area contributed by atoms with Gasteiger partial charge in [0.25, 0.3) is 0 Å². The van der Waals surface area contributed by atoms with Crippen molar-refractivity contribution in [1.82, 2.24) is 5.32 Å². The minimum Gasteiger partial charge on any atom is -0.316 e. The number of hydrogen-bond acceptors (Lipinski definition) is 3. The predicted molar refractivity (Wildman–Crippen MR) is 80.1 cm³/mol. The van der Waals surface area contributed by atoms with Gasteiger partial charge in [0.05, 0.1) is 21.5 Å². The fourth-order valence-electron chi connectivity index (χ4n) is 1.23. The Kier molecular flexibility index (Phi) is 6.20. The van der Waals surface area contributed by atoms with Gasteiger partial charge in [-0.25, -0.2) is 8.42 Å². The van der Waals surface area contributed by atoms with Crippen molar-refractivity contribution in [2.75, 3.05) is 23.6 Å². The average Bonchev–Trinajstić information content (AvgIpc) is 2.23. The molecule has 0 heterocycles. The third-order valence-electron chi connectivity index (χ3n) is 2.06. The van der Waals surface area contributed by atoms with E-state index in [1.165, 1.54) is 0 Å². The second-order valence-electron chi connectivity index (χ2n) is 3.52. The van der Waals surface area contributed by atoms with Gasteiger partial charge in [-0.1, -0.05) is 46.1 Å². The zero-order valence-corrected chi connectivity index (χ0v) is 13.5.